The second-order valence-corrected chi connectivity index (χ2v) is 13.4. The third-order valence-corrected chi connectivity index (χ3v) is 10.1. The van der Waals surface area contributed by atoms with Crippen molar-refractivity contribution in [1.29, 1.82) is 0 Å². The van der Waals surface area contributed by atoms with Crippen molar-refractivity contribution in [3.63, 3.8) is 0 Å². The van der Waals surface area contributed by atoms with Crippen molar-refractivity contribution < 1.29 is 18.7 Å². The zero-order chi connectivity index (χ0) is 20.1. The van der Waals surface area contributed by atoms with Crippen LogP contribution in [-0.2, 0) is 9.16 Å². The minimum atomic E-state index is -2.06. The zero-order valence-corrected chi connectivity index (χ0v) is 17.7. The molecule has 8 nitrogen and oxygen atoms in total. The molecule has 0 amide bonds. The second-order valence-electron chi connectivity index (χ2n) is 8.27. The summed E-state index contributed by atoms with van der Waals surface area (Å²) in [6.45, 7) is 10.6. The molecule has 11 heteroatoms. The van der Waals surface area contributed by atoms with Gasteiger partial charge in [-0.2, -0.15) is 9.97 Å². The van der Waals surface area contributed by atoms with Gasteiger partial charge in [-0.15, -0.1) is 0 Å². The minimum Gasteiger partial charge on any atom is -0.414 e. The van der Waals surface area contributed by atoms with Crippen molar-refractivity contribution in [3.8, 4) is 0 Å². The number of hydrogen-bond donors (Lipinski definition) is 2. The maximum absolute atomic E-state index is 14.8. The molecular formula is C16H25ClFN5O3Si. The summed E-state index contributed by atoms with van der Waals surface area (Å²) in [7, 11) is -2.06. The van der Waals surface area contributed by atoms with Crippen LogP contribution in [0.25, 0.3) is 11.2 Å². The molecule has 1 saturated heterocycles. The monoisotopic (exact) mass is 417 g/mol. The molecule has 27 heavy (non-hydrogen) atoms. The highest BCUT2D eigenvalue weighted by molar-refractivity contribution is 6.74. The van der Waals surface area contributed by atoms with Gasteiger partial charge in [-0.3, -0.25) is 4.57 Å². The Kier molecular flexibility index (Phi) is 5.23. The first kappa shape index (κ1) is 20.4. The third-order valence-electron chi connectivity index (χ3n) is 5.40. The highest BCUT2D eigenvalue weighted by atomic mass is 35.5. The average molecular weight is 418 g/mol. The van der Waals surface area contributed by atoms with E-state index in [1.165, 1.54) is 10.9 Å². The van der Waals surface area contributed by atoms with E-state index in [2.05, 4.69) is 48.8 Å². The van der Waals surface area contributed by atoms with Gasteiger partial charge < -0.3 is 20.0 Å². The van der Waals surface area contributed by atoms with Crippen molar-refractivity contribution in [1.82, 2.24) is 19.5 Å². The fourth-order valence-electron chi connectivity index (χ4n) is 2.67. The molecule has 3 rings (SSSR count). The van der Waals surface area contributed by atoms with Crippen LogP contribution in [0.5, 0.6) is 0 Å². The maximum Gasteiger partial charge on any atom is 0.226 e. The molecule has 0 bridgehead atoms. The van der Waals surface area contributed by atoms with E-state index < -0.39 is 32.9 Å². The second kappa shape index (κ2) is 6.93. The molecule has 1 aliphatic heterocycles. The van der Waals surface area contributed by atoms with Gasteiger partial charge in [0.05, 0.1) is 12.9 Å². The summed E-state index contributed by atoms with van der Waals surface area (Å²) in [5.41, 5.74) is 6.33. The lowest BCUT2D eigenvalue weighted by Gasteiger charge is -2.37. The number of hydrogen-bond acceptors (Lipinski definition) is 7. The van der Waals surface area contributed by atoms with Gasteiger partial charge in [-0.25, -0.2) is 9.37 Å². The van der Waals surface area contributed by atoms with Crippen molar-refractivity contribution in [2.45, 2.75) is 63.5 Å². The van der Waals surface area contributed by atoms with Gasteiger partial charge in [-0.1, -0.05) is 20.8 Å². The Labute approximate surface area is 163 Å². The van der Waals surface area contributed by atoms with Gasteiger partial charge in [0.15, 0.2) is 32.2 Å². The summed E-state index contributed by atoms with van der Waals surface area (Å²) >= 11 is 5.85. The summed E-state index contributed by atoms with van der Waals surface area (Å²) in [5.74, 6) is 0.0931. The molecule has 0 aliphatic carbocycles. The number of ether oxygens (including phenoxy) is 1. The van der Waals surface area contributed by atoms with Gasteiger partial charge >= 0.3 is 0 Å². The number of aliphatic hydroxyl groups is 1. The van der Waals surface area contributed by atoms with E-state index in [4.69, 9.17) is 26.5 Å². The molecule has 2 aromatic rings. The highest BCUT2D eigenvalue weighted by Gasteiger charge is 2.47. The maximum atomic E-state index is 14.8. The summed E-state index contributed by atoms with van der Waals surface area (Å²) in [6, 6.07) is 0. The Balaban J connectivity index is 1.82. The number of nitrogens with two attached hydrogens (primary N) is 1. The summed E-state index contributed by atoms with van der Waals surface area (Å²) in [4.78, 5) is 12.0. The number of alkyl halides is 1. The fourth-order valence-corrected chi connectivity index (χ4v) is 3.85. The van der Waals surface area contributed by atoms with Crippen LogP contribution >= 0.6 is 11.6 Å². The van der Waals surface area contributed by atoms with Crippen LogP contribution in [0.15, 0.2) is 6.33 Å². The van der Waals surface area contributed by atoms with E-state index in [-0.39, 0.29) is 28.4 Å². The molecule has 0 saturated carbocycles. The van der Waals surface area contributed by atoms with Crippen LogP contribution < -0.4 is 5.73 Å². The van der Waals surface area contributed by atoms with Crippen molar-refractivity contribution in [2.24, 2.45) is 0 Å². The summed E-state index contributed by atoms with van der Waals surface area (Å²) < 4.78 is 28.0. The van der Waals surface area contributed by atoms with E-state index in [0.717, 1.165) is 0 Å². The lowest BCUT2D eigenvalue weighted by molar-refractivity contribution is -0.0434. The van der Waals surface area contributed by atoms with Gasteiger partial charge in [-0.05, 0) is 29.7 Å². The quantitative estimate of drug-likeness (QED) is 0.581. The van der Waals surface area contributed by atoms with Crippen LogP contribution in [0.3, 0.4) is 0 Å². The van der Waals surface area contributed by atoms with E-state index >= 15 is 0 Å². The standard InChI is InChI=1S/C16H25ClFN5O3Si/c1-16(2,3)27(4,5)25-6-8-11(24)9(18)14(26-8)23-7-20-10-12(19)21-15(17)22-13(10)23/h7-9,11,14,24H,6H2,1-5H3,(H2,19,21,22)/t8-,9?,11?,14-/m1/s1. The van der Waals surface area contributed by atoms with Gasteiger partial charge in [0.1, 0.15) is 17.7 Å². The molecule has 2 unspecified atom stereocenters. The normalized spacial score (nSPS) is 26.8. The Bertz CT molecular complexity index is 843. The van der Waals surface area contributed by atoms with Crippen LogP contribution in [0.1, 0.15) is 27.0 Å². The fraction of sp³-hybridized carbons (Fsp3) is 0.688. The molecule has 2 aromatic heterocycles. The predicted octanol–water partition coefficient (Wildman–Crippen LogP) is 2.68. The van der Waals surface area contributed by atoms with Gasteiger partial charge in [0, 0.05) is 0 Å². The first-order chi connectivity index (χ1) is 12.4. The number of fused-ring (bicyclic) bond motifs is 1. The molecule has 0 spiro atoms. The number of nitrogen functional groups attached to an aromatic ring is 1. The number of imidazole rings is 1. The Morgan fingerprint density at radius 1 is 1.41 bits per heavy atom. The largest absolute Gasteiger partial charge is 0.414 e. The van der Waals surface area contributed by atoms with Gasteiger partial charge in [0.2, 0.25) is 5.28 Å². The SMILES string of the molecule is CC(C)(C)[Si](C)(C)OC[C@H]1O[C@@H](n2cnc3c(N)nc(Cl)nc32)C(F)C1O. The first-order valence-corrected chi connectivity index (χ1v) is 12.0. The van der Waals surface area contributed by atoms with Crippen LogP contribution in [0.4, 0.5) is 10.2 Å². The van der Waals surface area contributed by atoms with Crippen LogP contribution in [0, 0.1) is 0 Å². The lowest BCUT2D eigenvalue weighted by Crippen LogP contribution is -2.44. The Hall–Kier alpha value is -1.33. The Morgan fingerprint density at radius 2 is 2.07 bits per heavy atom. The number of nitrogens with zero attached hydrogens (tertiary/aromatic N) is 4. The van der Waals surface area contributed by atoms with E-state index in [1.807, 2.05) is 0 Å². The van der Waals surface area contributed by atoms with E-state index in [0.29, 0.717) is 5.52 Å². The predicted molar refractivity (Wildman–Crippen MR) is 103 cm³/mol. The van der Waals surface area contributed by atoms with Crippen LogP contribution in [-0.4, -0.2) is 57.9 Å². The molecule has 1 aliphatic rings. The number of anilines is 1. The van der Waals surface area contributed by atoms with Crippen LogP contribution in [0.2, 0.25) is 23.4 Å². The molecular weight excluding hydrogens is 393 g/mol. The smallest absolute Gasteiger partial charge is 0.226 e. The van der Waals surface area contributed by atoms with Crippen molar-refractivity contribution >= 4 is 36.9 Å². The van der Waals surface area contributed by atoms with Gasteiger partial charge in [0.25, 0.3) is 0 Å². The lowest BCUT2D eigenvalue weighted by atomic mass is 10.1. The van der Waals surface area contributed by atoms with Crippen molar-refractivity contribution in [2.75, 3.05) is 12.3 Å². The molecule has 0 radical (unpaired) electrons. The average Bonchev–Trinajstić information content (AvgIpc) is 3.07. The number of rotatable bonds is 4. The van der Waals surface area contributed by atoms with E-state index in [1.54, 1.807) is 0 Å². The highest BCUT2D eigenvalue weighted by Crippen LogP contribution is 2.39. The third kappa shape index (κ3) is 3.68. The molecule has 3 N–H and O–H groups in total. The molecule has 1 fully saturated rings. The zero-order valence-electron chi connectivity index (χ0n) is 16.0. The van der Waals surface area contributed by atoms with Crippen molar-refractivity contribution in [3.05, 3.63) is 11.6 Å². The first-order valence-electron chi connectivity index (χ1n) is 8.69. The number of halogens is 2. The molecule has 150 valence electrons. The summed E-state index contributed by atoms with van der Waals surface area (Å²) in [6.07, 6.45) is -3.56. The molecule has 0 aromatic carbocycles. The number of aromatic nitrogens is 4. The van der Waals surface area contributed by atoms with E-state index in [9.17, 15) is 9.50 Å². The number of aliphatic hydroxyl groups excluding tert-OH is 1. The summed E-state index contributed by atoms with van der Waals surface area (Å²) in [5, 5.41) is 10.2. The molecule has 3 heterocycles. The minimum absolute atomic E-state index is 0.00315. The topological polar surface area (TPSA) is 108 Å². The Morgan fingerprint density at radius 3 is 2.70 bits per heavy atom. The molecule has 4 atom stereocenters.